The Bertz CT molecular complexity index is 1390. The van der Waals surface area contributed by atoms with Crippen molar-refractivity contribution < 1.29 is 22.7 Å². The third-order valence-electron chi connectivity index (χ3n) is 6.87. The van der Waals surface area contributed by atoms with Crippen LogP contribution >= 0.6 is 0 Å². The Balaban J connectivity index is 2.07. The van der Waals surface area contributed by atoms with Crippen molar-refractivity contribution in [3.63, 3.8) is 0 Å². The molecule has 0 aromatic heterocycles. The average Bonchev–Trinajstić information content (AvgIpc) is 2.96. The second kappa shape index (κ2) is 14.0. The number of rotatable bonds is 13. The number of amides is 2. The molecule has 9 heteroatoms. The van der Waals surface area contributed by atoms with Crippen LogP contribution in [0.2, 0.25) is 0 Å². The molecule has 0 aliphatic carbocycles. The highest BCUT2D eigenvalue weighted by atomic mass is 32.2. The number of methoxy groups -OCH3 is 1. The molecule has 3 rings (SSSR count). The van der Waals surface area contributed by atoms with Crippen molar-refractivity contribution >= 4 is 27.5 Å². The van der Waals surface area contributed by atoms with E-state index in [4.69, 9.17) is 4.74 Å². The van der Waals surface area contributed by atoms with Crippen molar-refractivity contribution in [2.24, 2.45) is 0 Å². The van der Waals surface area contributed by atoms with Crippen LogP contribution in [0, 0.1) is 6.92 Å². The number of nitrogens with zero attached hydrogens (tertiary/aromatic N) is 2. The lowest BCUT2D eigenvalue weighted by molar-refractivity contribution is -0.140. The monoisotopic (exact) mass is 565 g/mol. The molecule has 0 aliphatic heterocycles. The Hall–Kier alpha value is -3.85. The van der Waals surface area contributed by atoms with E-state index in [9.17, 15) is 18.0 Å². The number of sulfonamides is 1. The predicted octanol–water partition coefficient (Wildman–Crippen LogP) is 4.92. The minimum Gasteiger partial charge on any atom is -0.497 e. The van der Waals surface area contributed by atoms with Gasteiger partial charge in [0.15, 0.2) is 0 Å². The molecule has 0 aliphatic rings. The Labute approximate surface area is 238 Å². The number of aryl methyl sites for hydroxylation is 1. The van der Waals surface area contributed by atoms with E-state index in [0.29, 0.717) is 23.4 Å². The fraction of sp³-hybridized carbons (Fsp3) is 0.355. The number of hydrogen-bond acceptors (Lipinski definition) is 5. The normalized spacial score (nSPS) is 12.7. The Kier molecular flexibility index (Phi) is 10.7. The van der Waals surface area contributed by atoms with Gasteiger partial charge in [0.1, 0.15) is 18.3 Å². The molecule has 3 aromatic carbocycles. The Morgan fingerprint density at radius 2 is 1.60 bits per heavy atom. The number of hydrogen-bond donors (Lipinski definition) is 1. The first-order valence-corrected chi connectivity index (χ1v) is 14.9. The molecule has 0 heterocycles. The van der Waals surface area contributed by atoms with Crippen LogP contribution in [0.1, 0.15) is 44.7 Å². The van der Waals surface area contributed by atoms with Gasteiger partial charge in [-0.1, -0.05) is 62.4 Å². The lowest BCUT2D eigenvalue weighted by Gasteiger charge is -2.34. The van der Waals surface area contributed by atoms with E-state index < -0.39 is 28.5 Å². The van der Waals surface area contributed by atoms with Gasteiger partial charge in [0, 0.05) is 12.6 Å². The molecule has 2 amide bonds. The molecule has 2 atom stereocenters. The second-order valence-electron chi connectivity index (χ2n) is 9.73. The molecule has 3 aromatic rings. The minimum atomic E-state index is -4.10. The molecule has 0 bridgehead atoms. The van der Waals surface area contributed by atoms with Crippen LogP contribution in [0.5, 0.6) is 5.75 Å². The van der Waals surface area contributed by atoms with Gasteiger partial charge in [-0.15, -0.1) is 0 Å². The molecule has 214 valence electrons. The summed E-state index contributed by atoms with van der Waals surface area (Å²) in [4.78, 5) is 29.1. The SMILES string of the molecule is CC[C@H](C(=O)N[C@@H](C)CC)N(Cc1cccc(OC)c1)C(=O)CN(c1ccccc1C)S(=O)(=O)c1ccccc1. The molecule has 0 radical (unpaired) electrons. The van der Waals surface area contributed by atoms with E-state index in [0.717, 1.165) is 16.3 Å². The van der Waals surface area contributed by atoms with E-state index >= 15 is 0 Å². The van der Waals surface area contributed by atoms with Gasteiger partial charge in [0.25, 0.3) is 10.0 Å². The third-order valence-corrected chi connectivity index (χ3v) is 8.64. The van der Waals surface area contributed by atoms with Gasteiger partial charge in [-0.3, -0.25) is 13.9 Å². The standard InChI is InChI=1S/C31H39N3O5S/c1-6-24(4)32-31(36)28(7-2)33(21-25-15-13-16-26(20-25)39-5)30(35)22-34(29-19-12-11-14-23(29)3)40(37,38)27-17-9-8-10-18-27/h8-20,24,28H,6-7,21-22H2,1-5H3,(H,32,36)/t24-,28+/m0/s1. The summed E-state index contributed by atoms with van der Waals surface area (Å²) in [5.41, 5.74) is 1.87. The van der Waals surface area contributed by atoms with Crippen molar-refractivity contribution in [1.29, 1.82) is 0 Å². The molecule has 40 heavy (non-hydrogen) atoms. The van der Waals surface area contributed by atoms with Crippen LogP contribution in [-0.2, 0) is 26.2 Å². The first kappa shape index (κ1) is 30.7. The van der Waals surface area contributed by atoms with Gasteiger partial charge < -0.3 is 15.0 Å². The first-order valence-electron chi connectivity index (χ1n) is 13.5. The van der Waals surface area contributed by atoms with E-state index in [2.05, 4.69) is 5.32 Å². The summed E-state index contributed by atoms with van der Waals surface area (Å²) in [6, 6.07) is 21.5. The van der Waals surface area contributed by atoms with Gasteiger partial charge >= 0.3 is 0 Å². The molecular weight excluding hydrogens is 526 g/mol. The maximum absolute atomic E-state index is 14.1. The van der Waals surface area contributed by atoms with Crippen LogP contribution in [0.25, 0.3) is 0 Å². The highest BCUT2D eigenvalue weighted by Crippen LogP contribution is 2.27. The van der Waals surface area contributed by atoms with Gasteiger partial charge in [0.05, 0.1) is 17.7 Å². The fourth-order valence-corrected chi connectivity index (χ4v) is 5.90. The lowest BCUT2D eigenvalue weighted by atomic mass is 10.1. The zero-order valence-corrected chi connectivity index (χ0v) is 24.6. The van der Waals surface area contributed by atoms with Gasteiger partial charge in [-0.05, 0) is 68.1 Å². The minimum absolute atomic E-state index is 0.0720. The summed E-state index contributed by atoms with van der Waals surface area (Å²) >= 11 is 0. The summed E-state index contributed by atoms with van der Waals surface area (Å²) in [6.07, 6.45) is 1.09. The molecule has 0 saturated heterocycles. The summed E-state index contributed by atoms with van der Waals surface area (Å²) in [7, 11) is -2.54. The predicted molar refractivity (Wildman–Crippen MR) is 158 cm³/mol. The molecule has 1 N–H and O–H groups in total. The summed E-state index contributed by atoms with van der Waals surface area (Å²) in [5.74, 6) is -0.145. The van der Waals surface area contributed by atoms with Gasteiger partial charge in [0.2, 0.25) is 11.8 Å². The van der Waals surface area contributed by atoms with Crippen LogP contribution in [0.4, 0.5) is 5.69 Å². The van der Waals surface area contributed by atoms with Crippen molar-refractivity contribution in [2.75, 3.05) is 18.0 Å². The number of ether oxygens (including phenoxy) is 1. The number of benzene rings is 3. The number of carbonyl (C=O) groups is 2. The van der Waals surface area contributed by atoms with E-state index in [1.165, 1.54) is 17.0 Å². The van der Waals surface area contributed by atoms with Crippen molar-refractivity contribution in [2.45, 2.75) is 64.1 Å². The Morgan fingerprint density at radius 1 is 0.925 bits per heavy atom. The smallest absolute Gasteiger partial charge is 0.264 e. The van der Waals surface area contributed by atoms with Gasteiger partial charge in [-0.25, -0.2) is 8.42 Å². The first-order chi connectivity index (χ1) is 19.1. The number of carbonyl (C=O) groups excluding carboxylic acids is 2. The number of nitrogens with one attached hydrogen (secondary N) is 1. The molecule has 0 fully saturated rings. The van der Waals surface area contributed by atoms with Crippen LogP contribution < -0.4 is 14.4 Å². The Morgan fingerprint density at radius 3 is 2.23 bits per heavy atom. The average molecular weight is 566 g/mol. The molecule has 0 spiro atoms. The highest BCUT2D eigenvalue weighted by Gasteiger charge is 2.34. The molecule has 8 nitrogen and oxygen atoms in total. The zero-order valence-electron chi connectivity index (χ0n) is 23.8. The topological polar surface area (TPSA) is 96.0 Å². The van der Waals surface area contributed by atoms with Crippen LogP contribution in [0.15, 0.2) is 83.8 Å². The summed E-state index contributed by atoms with van der Waals surface area (Å²) in [6.45, 7) is 7.15. The number of para-hydroxylation sites is 1. The van der Waals surface area contributed by atoms with E-state index in [1.54, 1.807) is 62.6 Å². The van der Waals surface area contributed by atoms with Crippen molar-refractivity contribution in [3.8, 4) is 5.75 Å². The number of anilines is 1. The summed E-state index contributed by atoms with van der Waals surface area (Å²) in [5, 5.41) is 2.99. The van der Waals surface area contributed by atoms with Crippen molar-refractivity contribution in [3.05, 3.63) is 90.0 Å². The fourth-order valence-electron chi connectivity index (χ4n) is 4.40. The quantitative estimate of drug-likeness (QED) is 0.317. The van der Waals surface area contributed by atoms with Crippen LogP contribution in [-0.4, -0.2) is 50.9 Å². The van der Waals surface area contributed by atoms with Gasteiger partial charge in [-0.2, -0.15) is 0 Å². The van der Waals surface area contributed by atoms with E-state index in [-0.39, 0.29) is 23.4 Å². The maximum Gasteiger partial charge on any atom is 0.264 e. The molecule has 0 unspecified atom stereocenters. The second-order valence-corrected chi connectivity index (χ2v) is 11.6. The highest BCUT2D eigenvalue weighted by molar-refractivity contribution is 7.92. The summed E-state index contributed by atoms with van der Waals surface area (Å²) < 4.78 is 34.3. The lowest BCUT2D eigenvalue weighted by Crippen LogP contribution is -2.53. The largest absolute Gasteiger partial charge is 0.497 e. The maximum atomic E-state index is 14.1. The van der Waals surface area contributed by atoms with E-state index in [1.807, 2.05) is 39.0 Å². The zero-order chi connectivity index (χ0) is 29.3. The van der Waals surface area contributed by atoms with Crippen LogP contribution in [0.3, 0.4) is 0 Å². The van der Waals surface area contributed by atoms with Crippen molar-refractivity contribution in [1.82, 2.24) is 10.2 Å². The molecular formula is C31H39N3O5S. The molecule has 0 saturated carbocycles. The third kappa shape index (κ3) is 7.41.